The van der Waals surface area contributed by atoms with E-state index in [1.807, 2.05) is 49.7 Å². The van der Waals surface area contributed by atoms with E-state index in [1.165, 1.54) is 0 Å². The van der Waals surface area contributed by atoms with Crippen molar-refractivity contribution in [1.82, 2.24) is 19.4 Å². The normalized spacial score (nSPS) is 18.4. The second kappa shape index (κ2) is 8.70. The lowest BCUT2D eigenvalue weighted by molar-refractivity contribution is -0.136. The van der Waals surface area contributed by atoms with Crippen molar-refractivity contribution >= 4 is 34.9 Å². The molecule has 0 spiro atoms. The molecule has 2 saturated heterocycles. The largest absolute Gasteiger partial charge is 0.341 e. The fraction of sp³-hybridized carbons (Fsp3) is 0.391. The van der Waals surface area contributed by atoms with Crippen LogP contribution in [0.15, 0.2) is 29.3 Å². The predicted molar refractivity (Wildman–Crippen MR) is 121 cm³/mol. The van der Waals surface area contributed by atoms with Gasteiger partial charge in [0.1, 0.15) is 12.4 Å². The summed E-state index contributed by atoms with van der Waals surface area (Å²) in [5.74, 6) is 0.242. The number of likely N-dealkylation sites (tertiary alicyclic amines) is 1. The lowest BCUT2D eigenvalue weighted by Crippen LogP contribution is -2.44. The van der Waals surface area contributed by atoms with E-state index in [2.05, 4.69) is 4.98 Å². The molecule has 2 aliphatic heterocycles. The zero-order valence-electron chi connectivity index (χ0n) is 18.1. The van der Waals surface area contributed by atoms with E-state index in [-0.39, 0.29) is 12.5 Å². The van der Waals surface area contributed by atoms with Crippen LogP contribution >= 0.6 is 11.8 Å². The molecule has 0 N–H and O–H groups in total. The fourth-order valence-electron chi connectivity index (χ4n) is 4.03. The second-order valence-corrected chi connectivity index (χ2v) is 9.06. The van der Waals surface area contributed by atoms with Gasteiger partial charge in [-0.2, -0.15) is 0 Å². The van der Waals surface area contributed by atoms with Crippen LogP contribution < -0.4 is 0 Å². The summed E-state index contributed by atoms with van der Waals surface area (Å²) in [5.41, 5.74) is 3.86. The minimum absolute atomic E-state index is 0.160. The van der Waals surface area contributed by atoms with Gasteiger partial charge < -0.3 is 9.47 Å². The molecule has 0 saturated carbocycles. The molecule has 3 amide bonds. The molecule has 0 unspecified atom stereocenters. The van der Waals surface area contributed by atoms with Crippen molar-refractivity contribution in [2.75, 3.05) is 19.6 Å². The van der Waals surface area contributed by atoms with E-state index < -0.39 is 11.1 Å². The van der Waals surface area contributed by atoms with Crippen LogP contribution in [0.1, 0.15) is 41.8 Å². The van der Waals surface area contributed by atoms with E-state index in [4.69, 9.17) is 0 Å². The third-order valence-corrected chi connectivity index (χ3v) is 6.66. The van der Waals surface area contributed by atoms with Crippen LogP contribution in [0.2, 0.25) is 0 Å². The van der Waals surface area contributed by atoms with E-state index in [1.54, 1.807) is 11.0 Å². The molecule has 2 aromatic rings. The molecule has 4 heterocycles. The van der Waals surface area contributed by atoms with Gasteiger partial charge in [-0.3, -0.25) is 19.3 Å². The molecule has 2 aliphatic rings. The highest BCUT2D eigenvalue weighted by Crippen LogP contribution is 2.33. The molecule has 2 fully saturated rings. The van der Waals surface area contributed by atoms with Gasteiger partial charge in [0.05, 0.1) is 4.91 Å². The number of pyridine rings is 1. The van der Waals surface area contributed by atoms with Crippen molar-refractivity contribution < 1.29 is 14.4 Å². The van der Waals surface area contributed by atoms with Gasteiger partial charge in [0.15, 0.2) is 0 Å². The summed E-state index contributed by atoms with van der Waals surface area (Å²) in [4.78, 5) is 45.5. The molecular formula is C23H26N4O3S. The summed E-state index contributed by atoms with van der Waals surface area (Å²) >= 11 is 0.890. The Morgan fingerprint density at radius 1 is 1.13 bits per heavy atom. The zero-order chi connectivity index (χ0) is 22.1. The first kappa shape index (κ1) is 21.4. The Balaban J connectivity index is 1.55. The SMILES string of the molecule is Cc1ccc(-n2c(C)cc(/C=C3\SC(=O)N(CC(=O)N4CCCCC4)C3=O)c2C)nc1. The minimum Gasteiger partial charge on any atom is -0.341 e. The Hall–Kier alpha value is -2.87. The number of piperidine rings is 1. The van der Waals surface area contributed by atoms with Crippen LogP contribution in [-0.2, 0) is 9.59 Å². The summed E-state index contributed by atoms with van der Waals surface area (Å²) in [5, 5.41) is -0.393. The number of imide groups is 1. The quantitative estimate of drug-likeness (QED) is 0.678. The number of carbonyl (C=O) groups excluding carboxylic acids is 3. The van der Waals surface area contributed by atoms with Gasteiger partial charge in [-0.1, -0.05) is 6.07 Å². The topological polar surface area (TPSA) is 75.5 Å². The summed E-state index contributed by atoms with van der Waals surface area (Å²) in [7, 11) is 0. The lowest BCUT2D eigenvalue weighted by atomic mass is 10.1. The molecule has 0 bridgehead atoms. The lowest BCUT2D eigenvalue weighted by Gasteiger charge is -2.27. The molecule has 31 heavy (non-hydrogen) atoms. The summed E-state index contributed by atoms with van der Waals surface area (Å²) in [6, 6.07) is 5.94. The second-order valence-electron chi connectivity index (χ2n) is 8.06. The first-order valence-electron chi connectivity index (χ1n) is 10.5. The Kier molecular flexibility index (Phi) is 6.00. The maximum atomic E-state index is 12.9. The molecule has 7 nitrogen and oxygen atoms in total. The standard InChI is InChI=1S/C23H26N4O3S/c1-15-7-8-20(24-13-15)27-16(2)11-18(17(27)3)12-19-22(29)26(23(30)31-19)14-21(28)25-9-5-4-6-10-25/h7-8,11-13H,4-6,9-10,14H2,1-3H3/b19-12-. The van der Waals surface area contributed by atoms with Crippen LogP contribution in [-0.4, -0.2) is 56.0 Å². The highest BCUT2D eigenvalue weighted by atomic mass is 32.2. The number of carbonyl (C=O) groups is 3. The molecule has 162 valence electrons. The Morgan fingerprint density at radius 3 is 2.55 bits per heavy atom. The maximum Gasteiger partial charge on any atom is 0.294 e. The van der Waals surface area contributed by atoms with E-state index >= 15 is 0 Å². The smallest absolute Gasteiger partial charge is 0.294 e. The summed E-state index contributed by atoms with van der Waals surface area (Å²) in [6.45, 7) is 7.14. The van der Waals surface area contributed by atoms with Crippen LogP contribution in [0, 0.1) is 20.8 Å². The average molecular weight is 439 g/mol. The van der Waals surface area contributed by atoms with Crippen molar-refractivity contribution in [2.24, 2.45) is 0 Å². The van der Waals surface area contributed by atoms with Crippen molar-refractivity contribution in [1.29, 1.82) is 0 Å². The van der Waals surface area contributed by atoms with Crippen LogP contribution in [0.4, 0.5) is 4.79 Å². The van der Waals surface area contributed by atoms with Gasteiger partial charge in [-0.15, -0.1) is 0 Å². The molecular weight excluding hydrogens is 412 g/mol. The summed E-state index contributed by atoms with van der Waals surface area (Å²) in [6.07, 6.45) is 6.62. The van der Waals surface area contributed by atoms with Crippen LogP contribution in [0.25, 0.3) is 11.9 Å². The van der Waals surface area contributed by atoms with Gasteiger partial charge in [0.2, 0.25) is 5.91 Å². The third-order valence-electron chi connectivity index (χ3n) is 5.76. The number of rotatable bonds is 4. The highest BCUT2D eigenvalue weighted by Gasteiger charge is 2.37. The predicted octanol–water partition coefficient (Wildman–Crippen LogP) is 3.85. The molecule has 2 aromatic heterocycles. The van der Waals surface area contributed by atoms with Crippen molar-refractivity contribution in [2.45, 2.75) is 40.0 Å². The summed E-state index contributed by atoms with van der Waals surface area (Å²) < 4.78 is 2.02. The van der Waals surface area contributed by atoms with Gasteiger partial charge in [-0.25, -0.2) is 4.98 Å². The minimum atomic E-state index is -0.404. The van der Waals surface area contributed by atoms with Crippen molar-refractivity contribution in [3.05, 3.63) is 51.8 Å². The number of aryl methyl sites for hydroxylation is 2. The van der Waals surface area contributed by atoms with Crippen molar-refractivity contribution in [3.8, 4) is 5.82 Å². The van der Waals surface area contributed by atoms with Crippen molar-refractivity contribution in [3.63, 3.8) is 0 Å². The molecule has 8 heteroatoms. The first-order chi connectivity index (χ1) is 14.8. The molecule has 0 radical (unpaired) electrons. The molecule has 0 aromatic carbocycles. The van der Waals surface area contributed by atoms with E-state index in [0.29, 0.717) is 18.0 Å². The third kappa shape index (κ3) is 4.30. The average Bonchev–Trinajstić information content (AvgIpc) is 3.19. The Morgan fingerprint density at radius 2 is 1.87 bits per heavy atom. The molecule has 0 atom stereocenters. The van der Waals surface area contributed by atoms with Gasteiger partial charge >= 0.3 is 0 Å². The number of thioether (sulfide) groups is 1. The Bertz CT molecular complexity index is 1070. The molecule has 0 aliphatic carbocycles. The molecule has 4 rings (SSSR count). The zero-order valence-corrected chi connectivity index (χ0v) is 18.9. The first-order valence-corrected chi connectivity index (χ1v) is 11.3. The number of hydrogen-bond acceptors (Lipinski definition) is 5. The number of aromatic nitrogens is 2. The highest BCUT2D eigenvalue weighted by molar-refractivity contribution is 8.18. The van der Waals surface area contributed by atoms with E-state index in [9.17, 15) is 14.4 Å². The fourth-order valence-corrected chi connectivity index (χ4v) is 4.86. The van der Waals surface area contributed by atoms with Crippen LogP contribution in [0.5, 0.6) is 0 Å². The Labute approximate surface area is 186 Å². The number of amides is 3. The van der Waals surface area contributed by atoms with Gasteiger partial charge in [0, 0.05) is 30.7 Å². The monoisotopic (exact) mass is 438 g/mol. The maximum absolute atomic E-state index is 12.9. The number of nitrogens with zero attached hydrogens (tertiary/aromatic N) is 4. The van der Waals surface area contributed by atoms with Gasteiger partial charge in [0.25, 0.3) is 11.1 Å². The van der Waals surface area contributed by atoms with E-state index in [0.717, 1.165) is 64.3 Å². The van der Waals surface area contributed by atoms with Crippen LogP contribution in [0.3, 0.4) is 0 Å². The van der Waals surface area contributed by atoms with Gasteiger partial charge in [-0.05, 0) is 81.1 Å². The number of hydrogen-bond donors (Lipinski definition) is 0.